The number of pyridine rings is 1. The van der Waals surface area contributed by atoms with E-state index in [1.807, 2.05) is 24.4 Å². The summed E-state index contributed by atoms with van der Waals surface area (Å²) in [6.45, 7) is 5.20. The summed E-state index contributed by atoms with van der Waals surface area (Å²) in [5.74, 6) is -0.194. The van der Waals surface area contributed by atoms with Crippen LogP contribution in [0.1, 0.15) is 23.2 Å². The van der Waals surface area contributed by atoms with Gasteiger partial charge in [0.25, 0.3) is 0 Å². The van der Waals surface area contributed by atoms with Crippen LogP contribution in [-0.2, 0) is 16.7 Å². The van der Waals surface area contributed by atoms with Crippen LogP contribution in [0.5, 0.6) is 0 Å². The first-order valence-electron chi connectivity index (χ1n) is 8.02. The predicted octanol–water partition coefficient (Wildman–Crippen LogP) is 3.32. The van der Waals surface area contributed by atoms with Crippen molar-refractivity contribution in [3.8, 4) is 0 Å². The molecule has 2 heterocycles. The molecule has 0 bridgehead atoms. The molecule has 0 amide bonds. The van der Waals surface area contributed by atoms with Gasteiger partial charge < -0.3 is 4.74 Å². The molecule has 3 rings (SSSR count). The van der Waals surface area contributed by atoms with Gasteiger partial charge in [-0.15, -0.1) is 0 Å². The van der Waals surface area contributed by atoms with Gasteiger partial charge in [0, 0.05) is 31.3 Å². The lowest BCUT2D eigenvalue weighted by molar-refractivity contribution is 0.157. The number of aromatic nitrogens is 1. The number of ether oxygens (including phenoxy) is 1. The summed E-state index contributed by atoms with van der Waals surface area (Å²) in [6.07, 6.45) is 2.80. The first kappa shape index (κ1) is 16.1. The number of hydrogen-bond donors (Lipinski definition) is 0. The van der Waals surface area contributed by atoms with Gasteiger partial charge in [0.15, 0.2) is 0 Å². The molecule has 0 spiro atoms. The standard InChI is InChI=1S/C19H23FN2O/c1-15-4-3-10-21-18(15)12-22(2)13-19(9-11-23-14-19)16-5-7-17(20)8-6-16/h3-8,10H,9,11-14H2,1-2H3. The van der Waals surface area contributed by atoms with Gasteiger partial charge in [-0.1, -0.05) is 18.2 Å². The zero-order valence-electron chi connectivity index (χ0n) is 13.8. The van der Waals surface area contributed by atoms with E-state index in [2.05, 4.69) is 29.9 Å². The fourth-order valence-electron chi connectivity index (χ4n) is 3.37. The van der Waals surface area contributed by atoms with Crippen molar-refractivity contribution < 1.29 is 9.13 Å². The Labute approximate surface area is 137 Å². The fraction of sp³-hybridized carbons (Fsp3) is 0.421. The van der Waals surface area contributed by atoms with Gasteiger partial charge >= 0.3 is 0 Å². The van der Waals surface area contributed by atoms with E-state index in [9.17, 15) is 4.39 Å². The van der Waals surface area contributed by atoms with Crippen LogP contribution in [0, 0.1) is 12.7 Å². The van der Waals surface area contributed by atoms with Crippen LogP contribution in [0.15, 0.2) is 42.6 Å². The van der Waals surface area contributed by atoms with Crippen molar-refractivity contribution in [3.05, 3.63) is 65.2 Å². The van der Waals surface area contributed by atoms with Crippen molar-refractivity contribution in [1.82, 2.24) is 9.88 Å². The Morgan fingerprint density at radius 1 is 1.26 bits per heavy atom. The number of halogens is 1. The van der Waals surface area contributed by atoms with E-state index >= 15 is 0 Å². The molecule has 0 radical (unpaired) electrons. The molecule has 1 aliphatic heterocycles. The third-order valence-corrected chi connectivity index (χ3v) is 4.67. The van der Waals surface area contributed by atoms with Crippen LogP contribution >= 0.6 is 0 Å². The molecule has 1 saturated heterocycles. The summed E-state index contributed by atoms with van der Waals surface area (Å²) in [7, 11) is 2.11. The quantitative estimate of drug-likeness (QED) is 0.846. The van der Waals surface area contributed by atoms with Crippen molar-refractivity contribution >= 4 is 0 Å². The van der Waals surface area contributed by atoms with E-state index in [-0.39, 0.29) is 11.2 Å². The normalized spacial score (nSPS) is 21.0. The van der Waals surface area contributed by atoms with Crippen LogP contribution in [0.2, 0.25) is 0 Å². The minimum absolute atomic E-state index is 0.0644. The highest BCUT2D eigenvalue weighted by Crippen LogP contribution is 2.34. The molecule has 1 unspecified atom stereocenters. The largest absolute Gasteiger partial charge is 0.380 e. The summed E-state index contributed by atoms with van der Waals surface area (Å²) >= 11 is 0. The monoisotopic (exact) mass is 314 g/mol. The Balaban J connectivity index is 1.77. The number of aryl methyl sites for hydroxylation is 1. The molecule has 0 aliphatic carbocycles. The molecule has 0 N–H and O–H groups in total. The molecular weight excluding hydrogens is 291 g/mol. The second kappa shape index (κ2) is 6.77. The topological polar surface area (TPSA) is 25.4 Å². The molecule has 0 saturated carbocycles. The summed E-state index contributed by atoms with van der Waals surface area (Å²) in [6, 6.07) is 10.9. The number of hydrogen-bond acceptors (Lipinski definition) is 3. The van der Waals surface area contributed by atoms with Crippen LogP contribution in [0.25, 0.3) is 0 Å². The number of benzene rings is 1. The van der Waals surface area contributed by atoms with Gasteiger partial charge in [-0.25, -0.2) is 4.39 Å². The minimum Gasteiger partial charge on any atom is -0.380 e. The van der Waals surface area contributed by atoms with Crippen LogP contribution in [-0.4, -0.2) is 36.7 Å². The smallest absolute Gasteiger partial charge is 0.123 e. The molecule has 1 aromatic carbocycles. The molecule has 2 aromatic rings. The maximum Gasteiger partial charge on any atom is 0.123 e. The zero-order valence-corrected chi connectivity index (χ0v) is 13.8. The Kier molecular flexibility index (Phi) is 4.74. The van der Waals surface area contributed by atoms with Crippen molar-refractivity contribution in [1.29, 1.82) is 0 Å². The summed E-state index contributed by atoms with van der Waals surface area (Å²) < 4.78 is 18.9. The SMILES string of the molecule is Cc1cccnc1CN(C)CC1(c2ccc(F)cc2)CCOC1. The predicted molar refractivity (Wildman–Crippen MR) is 88.8 cm³/mol. The molecule has 122 valence electrons. The average Bonchev–Trinajstić information content (AvgIpc) is 3.00. The van der Waals surface area contributed by atoms with Gasteiger partial charge in [0.2, 0.25) is 0 Å². The third-order valence-electron chi connectivity index (χ3n) is 4.67. The summed E-state index contributed by atoms with van der Waals surface area (Å²) in [5, 5.41) is 0. The van der Waals surface area contributed by atoms with E-state index in [4.69, 9.17) is 4.74 Å². The number of nitrogens with zero attached hydrogens (tertiary/aromatic N) is 2. The highest BCUT2D eigenvalue weighted by Gasteiger charge is 2.37. The van der Waals surface area contributed by atoms with Crippen molar-refractivity contribution in [3.63, 3.8) is 0 Å². The number of likely N-dealkylation sites (N-methyl/N-ethyl adjacent to an activating group) is 1. The van der Waals surface area contributed by atoms with Gasteiger partial charge in [0.05, 0.1) is 12.3 Å². The molecule has 3 nitrogen and oxygen atoms in total. The Bertz CT molecular complexity index is 651. The average molecular weight is 314 g/mol. The second-order valence-corrected chi connectivity index (χ2v) is 6.53. The van der Waals surface area contributed by atoms with Gasteiger partial charge in [-0.2, -0.15) is 0 Å². The molecule has 23 heavy (non-hydrogen) atoms. The maximum atomic E-state index is 13.2. The van der Waals surface area contributed by atoms with Crippen LogP contribution in [0.4, 0.5) is 4.39 Å². The lowest BCUT2D eigenvalue weighted by Crippen LogP contribution is -2.39. The number of rotatable bonds is 5. The Morgan fingerprint density at radius 2 is 2.04 bits per heavy atom. The Hall–Kier alpha value is -1.78. The van der Waals surface area contributed by atoms with Crippen LogP contribution < -0.4 is 0 Å². The summed E-state index contributed by atoms with van der Waals surface area (Å²) in [4.78, 5) is 6.76. The molecule has 1 aromatic heterocycles. The van der Waals surface area contributed by atoms with Crippen LogP contribution in [0.3, 0.4) is 0 Å². The Morgan fingerprint density at radius 3 is 2.70 bits per heavy atom. The van der Waals surface area contributed by atoms with Gasteiger partial charge in [-0.3, -0.25) is 9.88 Å². The highest BCUT2D eigenvalue weighted by atomic mass is 19.1. The van der Waals surface area contributed by atoms with Gasteiger partial charge in [-0.05, 0) is 49.7 Å². The van der Waals surface area contributed by atoms with Gasteiger partial charge in [0.1, 0.15) is 5.82 Å². The third kappa shape index (κ3) is 3.59. The second-order valence-electron chi connectivity index (χ2n) is 6.53. The molecule has 1 fully saturated rings. The maximum absolute atomic E-state index is 13.2. The molecule has 1 atom stereocenters. The van der Waals surface area contributed by atoms with E-state index in [0.717, 1.165) is 37.4 Å². The minimum atomic E-state index is -0.194. The fourth-order valence-corrected chi connectivity index (χ4v) is 3.37. The highest BCUT2D eigenvalue weighted by molar-refractivity contribution is 5.28. The van der Waals surface area contributed by atoms with E-state index in [1.54, 1.807) is 0 Å². The summed E-state index contributed by atoms with van der Waals surface area (Å²) in [5.41, 5.74) is 3.40. The molecular formula is C19H23FN2O. The van der Waals surface area contributed by atoms with E-state index in [1.165, 1.54) is 17.7 Å². The lowest BCUT2D eigenvalue weighted by Gasteiger charge is -2.33. The lowest BCUT2D eigenvalue weighted by atomic mass is 9.79. The van der Waals surface area contributed by atoms with E-state index < -0.39 is 0 Å². The molecule has 4 heteroatoms. The van der Waals surface area contributed by atoms with E-state index in [0.29, 0.717) is 6.61 Å². The first-order chi connectivity index (χ1) is 11.1. The van der Waals surface area contributed by atoms with Crippen molar-refractivity contribution in [2.24, 2.45) is 0 Å². The van der Waals surface area contributed by atoms with Crippen molar-refractivity contribution in [2.45, 2.75) is 25.3 Å². The molecule has 1 aliphatic rings. The van der Waals surface area contributed by atoms with Crippen molar-refractivity contribution in [2.75, 3.05) is 26.8 Å². The zero-order chi connectivity index (χ0) is 16.3. The first-order valence-corrected chi connectivity index (χ1v) is 8.02.